The Hall–Kier alpha value is -1.36. The van der Waals surface area contributed by atoms with Crippen LogP contribution in [0.2, 0.25) is 0 Å². The molecule has 1 aromatic heterocycles. The van der Waals surface area contributed by atoms with E-state index in [1.54, 1.807) is 11.0 Å². The highest BCUT2D eigenvalue weighted by atomic mass is 16.2. The molecule has 2 rings (SSSR count). The zero-order valence-electron chi connectivity index (χ0n) is 8.16. The van der Waals surface area contributed by atoms with Gasteiger partial charge in [-0.15, -0.1) is 0 Å². The second-order valence-corrected chi connectivity index (χ2v) is 3.63. The molecule has 0 radical (unpaired) electrons. The highest BCUT2D eigenvalue weighted by Gasteiger charge is 2.30. The van der Waals surface area contributed by atoms with Gasteiger partial charge in [0, 0.05) is 25.3 Å². The number of nitrogens with two attached hydrogens (primary N) is 1. The average molecular weight is 194 g/mol. The first-order chi connectivity index (χ1) is 6.72. The van der Waals surface area contributed by atoms with Crippen LogP contribution in [0.1, 0.15) is 29.0 Å². The first kappa shape index (κ1) is 9.21. The fourth-order valence-corrected chi connectivity index (χ4v) is 1.38. The molecule has 0 saturated heterocycles. The summed E-state index contributed by atoms with van der Waals surface area (Å²) in [5.74, 6) is -0.0246. The fraction of sp³-hybridized carbons (Fsp3) is 0.556. The summed E-state index contributed by atoms with van der Waals surface area (Å²) in [5, 5.41) is 6.65. The fourth-order valence-electron chi connectivity index (χ4n) is 1.38. The summed E-state index contributed by atoms with van der Waals surface area (Å²) in [5.41, 5.74) is 6.66. The van der Waals surface area contributed by atoms with Gasteiger partial charge in [-0.3, -0.25) is 9.89 Å². The molecule has 0 spiro atoms. The van der Waals surface area contributed by atoms with Crippen molar-refractivity contribution in [3.63, 3.8) is 0 Å². The molecule has 5 nitrogen and oxygen atoms in total. The van der Waals surface area contributed by atoms with E-state index >= 15 is 0 Å². The topological polar surface area (TPSA) is 75.0 Å². The van der Waals surface area contributed by atoms with Crippen LogP contribution in [0.15, 0.2) is 6.07 Å². The Morgan fingerprint density at radius 2 is 2.50 bits per heavy atom. The van der Waals surface area contributed by atoms with Crippen molar-refractivity contribution in [2.75, 3.05) is 7.05 Å². The molecule has 1 aromatic rings. The molecule has 14 heavy (non-hydrogen) atoms. The molecule has 1 amide bonds. The lowest BCUT2D eigenvalue weighted by Gasteiger charge is -2.13. The van der Waals surface area contributed by atoms with Crippen molar-refractivity contribution in [2.45, 2.75) is 25.4 Å². The lowest BCUT2D eigenvalue weighted by molar-refractivity contribution is 0.0779. The zero-order chi connectivity index (χ0) is 10.1. The Balaban J connectivity index is 2.09. The molecule has 1 aliphatic rings. The molecule has 1 aliphatic carbocycles. The van der Waals surface area contributed by atoms with Crippen molar-refractivity contribution in [1.29, 1.82) is 0 Å². The van der Waals surface area contributed by atoms with E-state index in [-0.39, 0.29) is 5.91 Å². The maximum absolute atomic E-state index is 11.8. The van der Waals surface area contributed by atoms with Crippen molar-refractivity contribution in [1.82, 2.24) is 15.1 Å². The van der Waals surface area contributed by atoms with Gasteiger partial charge in [0.15, 0.2) is 0 Å². The zero-order valence-corrected chi connectivity index (χ0v) is 8.16. The largest absolute Gasteiger partial charge is 0.337 e. The summed E-state index contributed by atoms with van der Waals surface area (Å²) in [6.07, 6.45) is 2.22. The van der Waals surface area contributed by atoms with Crippen LogP contribution in [-0.4, -0.2) is 34.1 Å². The van der Waals surface area contributed by atoms with Gasteiger partial charge in [-0.1, -0.05) is 0 Å². The van der Waals surface area contributed by atoms with Crippen molar-refractivity contribution >= 4 is 5.91 Å². The second kappa shape index (κ2) is 3.42. The van der Waals surface area contributed by atoms with E-state index < -0.39 is 0 Å². The average Bonchev–Trinajstić information content (AvgIpc) is 2.94. The molecule has 0 unspecified atom stereocenters. The number of carbonyl (C=O) groups excluding carboxylic acids is 1. The van der Waals surface area contributed by atoms with Crippen LogP contribution >= 0.6 is 0 Å². The maximum Gasteiger partial charge on any atom is 0.274 e. The minimum atomic E-state index is -0.0246. The van der Waals surface area contributed by atoms with E-state index in [0.29, 0.717) is 18.3 Å². The Labute approximate surface area is 82.3 Å². The predicted octanol–water partition coefficient (Wildman–Crippen LogP) is 0.103. The molecule has 1 saturated carbocycles. The molecular weight excluding hydrogens is 180 g/mol. The lowest BCUT2D eigenvalue weighted by Crippen LogP contribution is -2.28. The molecular formula is C9H14N4O. The molecule has 1 fully saturated rings. The molecule has 0 aliphatic heterocycles. The van der Waals surface area contributed by atoms with Crippen molar-refractivity contribution in [3.8, 4) is 0 Å². The minimum absolute atomic E-state index is 0.0246. The minimum Gasteiger partial charge on any atom is -0.337 e. The maximum atomic E-state index is 11.8. The molecule has 3 N–H and O–H groups in total. The first-order valence-corrected chi connectivity index (χ1v) is 4.74. The van der Waals surface area contributed by atoms with Gasteiger partial charge in [0.05, 0.1) is 0 Å². The number of rotatable bonds is 3. The number of carbonyl (C=O) groups is 1. The third kappa shape index (κ3) is 1.63. The number of hydrogen-bond donors (Lipinski definition) is 2. The molecule has 5 heteroatoms. The number of nitrogens with zero attached hydrogens (tertiary/aromatic N) is 2. The van der Waals surface area contributed by atoms with Gasteiger partial charge in [-0.25, -0.2) is 0 Å². The lowest BCUT2D eigenvalue weighted by atomic mass is 10.3. The number of hydrogen-bond acceptors (Lipinski definition) is 3. The van der Waals surface area contributed by atoms with E-state index in [4.69, 9.17) is 5.73 Å². The predicted molar refractivity (Wildman–Crippen MR) is 51.6 cm³/mol. The Morgan fingerprint density at radius 3 is 3.00 bits per heavy atom. The number of nitrogens with one attached hydrogen (secondary N) is 1. The van der Waals surface area contributed by atoms with Gasteiger partial charge in [0.2, 0.25) is 0 Å². The highest BCUT2D eigenvalue weighted by Crippen LogP contribution is 2.26. The number of aromatic nitrogens is 2. The van der Waals surface area contributed by atoms with Crippen LogP contribution in [-0.2, 0) is 6.54 Å². The summed E-state index contributed by atoms with van der Waals surface area (Å²) in [4.78, 5) is 13.5. The van der Waals surface area contributed by atoms with Crippen molar-refractivity contribution in [2.24, 2.45) is 5.73 Å². The van der Waals surface area contributed by atoms with Gasteiger partial charge in [-0.2, -0.15) is 5.10 Å². The quantitative estimate of drug-likeness (QED) is 0.716. The van der Waals surface area contributed by atoms with Gasteiger partial charge >= 0.3 is 0 Å². The number of aromatic amines is 1. The third-order valence-corrected chi connectivity index (χ3v) is 2.48. The van der Waals surface area contributed by atoms with E-state index in [2.05, 4.69) is 10.2 Å². The molecule has 76 valence electrons. The van der Waals surface area contributed by atoms with Gasteiger partial charge in [0.1, 0.15) is 5.69 Å². The first-order valence-electron chi connectivity index (χ1n) is 4.74. The van der Waals surface area contributed by atoms with Gasteiger partial charge in [-0.05, 0) is 18.9 Å². The van der Waals surface area contributed by atoms with Crippen LogP contribution in [0.4, 0.5) is 0 Å². The van der Waals surface area contributed by atoms with Crippen molar-refractivity contribution in [3.05, 3.63) is 17.5 Å². The Kier molecular flexibility index (Phi) is 2.25. The number of amides is 1. The van der Waals surface area contributed by atoms with E-state index in [1.165, 1.54) is 0 Å². The Morgan fingerprint density at radius 1 is 1.79 bits per heavy atom. The van der Waals surface area contributed by atoms with Crippen LogP contribution < -0.4 is 5.73 Å². The molecule has 0 bridgehead atoms. The van der Waals surface area contributed by atoms with Crippen LogP contribution in [0.25, 0.3) is 0 Å². The van der Waals surface area contributed by atoms with Crippen LogP contribution in [0.5, 0.6) is 0 Å². The smallest absolute Gasteiger partial charge is 0.274 e. The summed E-state index contributed by atoms with van der Waals surface area (Å²) in [6, 6.07) is 2.13. The van der Waals surface area contributed by atoms with Crippen LogP contribution in [0.3, 0.4) is 0 Å². The van der Waals surface area contributed by atoms with E-state index in [1.807, 2.05) is 7.05 Å². The van der Waals surface area contributed by atoms with Crippen molar-refractivity contribution < 1.29 is 4.79 Å². The Bertz CT molecular complexity index is 342. The highest BCUT2D eigenvalue weighted by molar-refractivity contribution is 5.92. The second-order valence-electron chi connectivity index (χ2n) is 3.63. The van der Waals surface area contributed by atoms with Crippen LogP contribution in [0, 0.1) is 0 Å². The van der Waals surface area contributed by atoms with E-state index in [0.717, 1.165) is 18.5 Å². The molecule has 0 aromatic carbocycles. The summed E-state index contributed by atoms with van der Waals surface area (Å²) in [6.45, 7) is 0.382. The monoisotopic (exact) mass is 194 g/mol. The summed E-state index contributed by atoms with van der Waals surface area (Å²) in [7, 11) is 1.82. The summed E-state index contributed by atoms with van der Waals surface area (Å²) >= 11 is 0. The molecule has 0 atom stereocenters. The summed E-state index contributed by atoms with van der Waals surface area (Å²) < 4.78 is 0. The SMILES string of the molecule is CN(C(=O)c1cc(CN)[nH]n1)C1CC1. The van der Waals surface area contributed by atoms with E-state index in [9.17, 15) is 4.79 Å². The standard InChI is InChI=1S/C9H14N4O/c1-13(7-2-3-7)9(14)8-4-6(5-10)11-12-8/h4,7H,2-3,5,10H2,1H3,(H,11,12). The normalized spacial score (nSPS) is 15.6. The van der Waals surface area contributed by atoms with Gasteiger partial charge in [0.25, 0.3) is 5.91 Å². The number of H-pyrrole nitrogens is 1. The third-order valence-electron chi connectivity index (χ3n) is 2.48. The van der Waals surface area contributed by atoms with Gasteiger partial charge < -0.3 is 10.6 Å². The molecule has 1 heterocycles.